The smallest absolute Gasteiger partial charge is 0.0142 e. The van der Waals surface area contributed by atoms with Crippen LogP contribution in [-0.2, 0) is 0 Å². The topological polar surface area (TPSA) is 0 Å². The SMILES string of the molecule is CS/C=C\CC(C)CC(C)C. The van der Waals surface area contributed by atoms with E-state index >= 15 is 0 Å². The number of thioether (sulfide) groups is 1. The Labute approximate surface area is 75.5 Å². The Hall–Kier alpha value is 0.0900. The quantitative estimate of drug-likeness (QED) is 0.605. The van der Waals surface area contributed by atoms with Gasteiger partial charge in [-0.2, -0.15) is 0 Å². The molecule has 0 aliphatic carbocycles. The predicted molar refractivity (Wildman–Crippen MR) is 55.9 cm³/mol. The van der Waals surface area contributed by atoms with Gasteiger partial charge in [-0.05, 0) is 36.3 Å². The molecular formula is C10H20S. The molecule has 1 unspecified atom stereocenters. The minimum atomic E-state index is 0.840. The van der Waals surface area contributed by atoms with E-state index in [4.69, 9.17) is 0 Å². The lowest BCUT2D eigenvalue weighted by Crippen LogP contribution is -1.97. The van der Waals surface area contributed by atoms with E-state index in [0.29, 0.717) is 0 Å². The molecule has 0 rings (SSSR count). The zero-order chi connectivity index (χ0) is 8.69. The van der Waals surface area contributed by atoms with Crippen LogP contribution in [0.4, 0.5) is 0 Å². The lowest BCUT2D eigenvalue weighted by atomic mass is 9.96. The average Bonchev–Trinajstić information content (AvgIpc) is 1.86. The molecule has 0 saturated carbocycles. The van der Waals surface area contributed by atoms with Crippen LogP contribution in [0.25, 0.3) is 0 Å². The van der Waals surface area contributed by atoms with Crippen molar-refractivity contribution in [2.75, 3.05) is 6.26 Å². The first-order chi connectivity index (χ1) is 5.16. The summed E-state index contributed by atoms with van der Waals surface area (Å²) in [4.78, 5) is 0. The van der Waals surface area contributed by atoms with Crippen molar-refractivity contribution in [3.05, 3.63) is 11.5 Å². The third kappa shape index (κ3) is 7.99. The van der Waals surface area contributed by atoms with E-state index in [1.54, 1.807) is 11.8 Å². The third-order valence-electron chi connectivity index (χ3n) is 1.64. The van der Waals surface area contributed by atoms with Crippen molar-refractivity contribution >= 4 is 11.8 Å². The van der Waals surface area contributed by atoms with E-state index < -0.39 is 0 Å². The molecule has 0 aliphatic heterocycles. The zero-order valence-corrected chi connectivity index (χ0v) is 8.95. The Kier molecular flexibility index (Phi) is 6.83. The van der Waals surface area contributed by atoms with Gasteiger partial charge in [0, 0.05) is 0 Å². The molecule has 0 spiro atoms. The van der Waals surface area contributed by atoms with Gasteiger partial charge in [0.05, 0.1) is 0 Å². The molecule has 11 heavy (non-hydrogen) atoms. The maximum Gasteiger partial charge on any atom is -0.0142 e. The first-order valence-electron chi connectivity index (χ1n) is 4.34. The Morgan fingerprint density at radius 3 is 2.36 bits per heavy atom. The maximum absolute atomic E-state index is 2.32. The molecule has 0 saturated heterocycles. The molecule has 0 fully saturated rings. The fourth-order valence-corrected chi connectivity index (χ4v) is 1.59. The summed E-state index contributed by atoms with van der Waals surface area (Å²) >= 11 is 1.78. The predicted octanol–water partition coefficient (Wildman–Crippen LogP) is 3.94. The van der Waals surface area contributed by atoms with Crippen LogP contribution in [0.1, 0.15) is 33.6 Å². The fourth-order valence-electron chi connectivity index (χ4n) is 1.29. The first-order valence-corrected chi connectivity index (χ1v) is 5.63. The maximum atomic E-state index is 2.32. The highest BCUT2D eigenvalue weighted by Gasteiger charge is 2.01. The monoisotopic (exact) mass is 172 g/mol. The van der Waals surface area contributed by atoms with Crippen LogP contribution in [0.2, 0.25) is 0 Å². The van der Waals surface area contributed by atoms with Crippen molar-refractivity contribution in [1.82, 2.24) is 0 Å². The summed E-state index contributed by atoms with van der Waals surface area (Å²) < 4.78 is 0. The van der Waals surface area contributed by atoms with Gasteiger partial charge in [-0.25, -0.2) is 0 Å². The molecule has 0 radical (unpaired) electrons. The Morgan fingerprint density at radius 1 is 1.27 bits per heavy atom. The van der Waals surface area contributed by atoms with Gasteiger partial charge >= 0.3 is 0 Å². The molecule has 0 heterocycles. The van der Waals surface area contributed by atoms with Crippen LogP contribution in [0.15, 0.2) is 11.5 Å². The molecule has 0 aromatic carbocycles. The molecule has 0 aromatic rings. The second-order valence-electron chi connectivity index (χ2n) is 3.58. The van der Waals surface area contributed by atoms with Gasteiger partial charge in [-0.3, -0.25) is 0 Å². The van der Waals surface area contributed by atoms with Crippen molar-refractivity contribution in [2.24, 2.45) is 11.8 Å². The van der Waals surface area contributed by atoms with Crippen molar-refractivity contribution in [3.63, 3.8) is 0 Å². The summed E-state index contributed by atoms with van der Waals surface area (Å²) in [7, 11) is 0. The van der Waals surface area contributed by atoms with E-state index in [0.717, 1.165) is 11.8 Å². The fraction of sp³-hybridized carbons (Fsp3) is 0.800. The normalized spacial score (nSPS) is 14.6. The number of hydrogen-bond donors (Lipinski definition) is 0. The summed E-state index contributed by atoms with van der Waals surface area (Å²) in [5.74, 6) is 1.69. The standard InChI is InChI=1S/C10H20S/c1-9(2)8-10(3)6-5-7-11-4/h5,7,9-10H,6,8H2,1-4H3/b7-5-. The van der Waals surface area contributed by atoms with Crippen LogP contribution in [0, 0.1) is 11.8 Å². The van der Waals surface area contributed by atoms with Crippen LogP contribution < -0.4 is 0 Å². The number of hydrogen-bond acceptors (Lipinski definition) is 1. The molecular weight excluding hydrogens is 152 g/mol. The average molecular weight is 172 g/mol. The van der Waals surface area contributed by atoms with E-state index in [1.165, 1.54) is 12.8 Å². The molecule has 0 aliphatic rings. The minimum absolute atomic E-state index is 0.840. The Balaban J connectivity index is 3.36. The van der Waals surface area contributed by atoms with E-state index in [9.17, 15) is 0 Å². The molecule has 0 nitrogen and oxygen atoms in total. The number of rotatable bonds is 5. The Bertz CT molecular complexity index is 105. The minimum Gasteiger partial charge on any atom is -0.138 e. The summed E-state index contributed by atoms with van der Waals surface area (Å²) in [6, 6.07) is 0. The summed E-state index contributed by atoms with van der Waals surface area (Å²) in [6.45, 7) is 6.90. The Morgan fingerprint density at radius 2 is 1.91 bits per heavy atom. The van der Waals surface area contributed by atoms with Crippen LogP contribution >= 0.6 is 11.8 Å². The van der Waals surface area contributed by atoms with E-state index in [-0.39, 0.29) is 0 Å². The van der Waals surface area contributed by atoms with Crippen LogP contribution in [0.5, 0.6) is 0 Å². The van der Waals surface area contributed by atoms with Gasteiger partial charge in [-0.1, -0.05) is 26.8 Å². The van der Waals surface area contributed by atoms with Crippen molar-refractivity contribution in [1.29, 1.82) is 0 Å². The van der Waals surface area contributed by atoms with Gasteiger partial charge in [-0.15, -0.1) is 11.8 Å². The van der Waals surface area contributed by atoms with Crippen molar-refractivity contribution in [2.45, 2.75) is 33.6 Å². The van der Waals surface area contributed by atoms with Crippen LogP contribution in [-0.4, -0.2) is 6.26 Å². The molecule has 1 atom stereocenters. The highest BCUT2D eigenvalue weighted by atomic mass is 32.2. The second kappa shape index (κ2) is 6.78. The van der Waals surface area contributed by atoms with Gasteiger partial charge in [0.25, 0.3) is 0 Å². The van der Waals surface area contributed by atoms with Crippen molar-refractivity contribution in [3.8, 4) is 0 Å². The highest BCUT2D eigenvalue weighted by molar-refractivity contribution is 8.01. The second-order valence-corrected chi connectivity index (χ2v) is 4.32. The molecule has 0 bridgehead atoms. The van der Waals surface area contributed by atoms with Gasteiger partial charge in [0.1, 0.15) is 0 Å². The molecule has 0 N–H and O–H groups in total. The highest BCUT2D eigenvalue weighted by Crippen LogP contribution is 2.15. The van der Waals surface area contributed by atoms with E-state index in [1.807, 2.05) is 0 Å². The largest absolute Gasteiger partial charge is 0.138 e. The third-order valence-corrected chi connectivity index (χ3v) is 2.11. The van der Waals surface area contributed by atoms with E-state index in [2.05, 4.69) is 38.5 Å². The zero-order valence-electron chi connectivity index (χ0n) is 8.13. The molecule has 0 amide bonds. The van der Waals surface area contributed by atoms with Gasteiger partial charge < -0.3 is 0 Å². The molecule has 0 aromatic heterocycles. The molecule has 66 valence electrons. The summed E-state index contributed by atoms with van der Waals surface area (Å²) in [5, 5.41) is 2.18. The molecule has 1 heteroatoms. The lowest BCUT2D eigenvalue weighted by Gasteiger charge is -2.10. The van der Waals surface area contributed by atoms with Crippen molar-refractivity contribution < 1.29 is 0 Å². The van der Waals surface area contributed by atoms with Gasteiger partial charge in [0.2, 0.25) is 0 Å². The first kappa shape index (κ1) is 11.1. The summed E-state index contributed by atoms with van der Waals surface area (Å²) in [5.41, 5.74) is 0. The lowest BCUT2D eigenvalue weighted by molar-refractivity contribution is 0.443. The van der Waals surface area contributed by atoms with Crippen LogP contribution in [0.3, 0.4) is 0 Å². The number of allylic oxidation sites excluding steroid dienone is 1. The van der Waals surface area contributed by atoms with Gasteiger partial charge in [0.15, 0.2) is 0 Å². The summed E-state index contributed by atoms with van der Waals surface area (Å²) in [6.07, 6.45) is 6.96.